The van der Waals surface area contributed by atoms with E-state index in [2.05, 4.69) is 14.4 Å². The highest BCUT2D eigenvalue weighted by atomic mass is 35.5. The molecule has 25 heavy (non-hydrogen) atoms. The second-order valence-electron chi connectivity index (χ2n) is 5.45. The largest absolute Gasteiger partial charge is 0.279 e. The smallest absolute Gasteiger partial charge is 0.264 e. The molecule has 0 spiro atoms. The van der Waals surface area contributed by atoms with Gasteiger partial charge in [0.05, 0.1) is 10.6 Å². The summed E-state index contributed by atoms with van der Waals surface area (Å²) in [6.07, 6.45) is 1.60. The van der Waals surface area contributed by atoms with Crippen LogP contribution in [0.15, 0.2) is 46.2 Å². The number of nitrogens with one attached hydrogen (secondary N) is 2. The average Bonchev–Trinajstić information content (AvgIpc) is 3.30. The number of aromatic nitrogens is 1. The maximum atomic E-state index is 12.4. The van der Waals surface area contributed by atoms with E-state index in [0.717, 1.165) is 12.8 Å². The third-order valence-corrected chi connectivity index (χ3v) is 6.91. The molecule has 0 aliphatic heterocycles. The van der Waals surface area contributed by atoms with Gasteiger partial charge in [-0.2, -0.15) is 0 Å². The first-order valence-electron chi connectivity index (χ1n) is 7.15. The molecular weight excluding hydrogens is 409 g/mol. The van der Waals surface area contributed by atoms with Crippen LogP contribution in [0.3, 0.4) is 0 Å². The molecule has 1 aromatic carbocycles. The minimum atomic E-state index is -4.05. The van der Waals surface area contributed by atoms with E-state index in [9.17, 15) is 16.8 Å². The van der Waals surface area contributed by atoms with Gasteiger partial charge >= 0.3 is 0 Å². The average molecular weight is 422 g/mol. The quantitative estimate of drug-likeness (QED) is 0.697. The highest BCUT2D eigenvalue weighted by Gasteiger charge is 2.28. The molecule has 1 heterocycles. The molecule has 0 amide bonds. The van der Waals surface area contributed by atoms with Crippen LogP contribution in [0, 0.1) is 0 Å². The lowest BCUT2D eigenvalue weighted by molar-refractivity contribution is 0.580. The van der Waals surface area contributed by atoms with E-state index in [1.165, 1.54) is 36.4 Å². The summed E-state index contributed by atoms with van der Waals surface area (Å²) in [5, 5.41) is -0.220. The van der Waals surface area contributed by atoms with Gasteiger partial charge in [-0.25, -0.2) is 26.5 Å². The van der Waals surface area contributed by atoms with E-state index in [-0.39, 0.29) is 31.8 Å². The maximum Gasteiger partial charge on any atom is 0.264 e. The first-order chi connectivity index (χ1) is 11.7. The van der Waals surface area contributed by atoms with Gasteiger partial charge < -0.3 is 0 Å². The van der Waals surface area contributed by atoms with Crippen LogP contribution in [-0.4, -0.2) is 27.9 Å². The zero-order valence-corrected chi connectivity index (χ0v) is 15.8. The molecule has 134 valence electrons. The minimum Gasteiger partial charge on any atom is -0.279 e. The molecule has 0 unspecified atom stereocenters. The van der Waals surface area contributed by atoms with Crippen molar-refractivity contribution in [2.75, 3.05) is 4.72 Å². The Morgan fingerprint density at radius 3 is 2.36 bits per heavy atom. The number of sulfonamides is 2. The van der Waals surface area contributed by atoms with Crippen molar-refractivity contribution >= 4 is 48.9 Å². The highest BCUT2D eigenvalue weighted by Crippen LogP contribution is 2.26. The van der Waals surface area contributed by atoms with Crippen LogP contribution in [0.4, 0.5) is 5.69 Å². The molecule has 0 radical (unpaired) electrons. The van der Waals surface area contributed by atoms with Crippen molar-refractivity contribution in [3.8, 4) is 0 Å². The summed E-state index contributed by atoms with van der Waals surface area (Å²) in [6.45, 7) is 0. The first-order valence-corrected chi connectivity index (χ1v) is 10.9. The van der Waals surface area contributed by atoms with Gasteiger partial charge in [-0.1, -0.05) is 29.3 Å². The molecule has 0 atom stereocenters. The number of pyridine rings is 1. The van der Waals surface area contributed by atoms with Crippen LogP contribution in [-0.2, 0) is 20.0 Å². The van der Waals surface area contributed by atoms with Crippen LogP contribution in [0.25, 0.3) is 0 Å². The fraction of sp³-hybridized carbons (Fsp3) is 0.214. The Bertz CT molecular complexity index is 1020. The van der Waals surface area contributed by atoms with Crippen molar-refractivity contribution in [2.45, 2.75) is 28.7 Å². The topological polar surface area (TPSA) is 105 Å². The van der Waals surface area contributed by atoms with E-state index in [4.69, 9.17) is 23.2 Å². The monoisotopic (exact) mass is 421 g/mol. The van der Waals surface area contributed by atoms with Gasteiger partial charge in [0.15, 0.2) is 5.15 Å². The van der Waals surface area contributed by atoms with Gasteiger partial charge in [0.2, 0.25) is 10.0 Å². The van der Waals surface area contributed by atoms with E-state index >= 15 is 0 Å². The summed E-state index contributed by atoms with van der Waals surface area (Å²) >= 11 is 11.5. The second kappa shape index (κ2) is 6.73. The lowest BCUT2D eigenvalue weighted by atomic mass is 10.3. The Labute approximate surface area is 155 Å². The second-order valence-corrected chi connectivity index (χ2v) is 9.56. The normalized spacial score (nSPS) is 15.1. The standard InChI is InChI=1S/C14H13Cl2N3O4S2/c15-13-7-6-12(14(16)17-13)25(22,23)19-10-2-1-3-11(8-10)24(20,21)18-9-4-5-9/h1-3,6-9,18-19H,4-5H2. The number of hydrogen-bond acceptors (Lipinski definition) is 5. The summed E-state index contributed by atoms with van der Waals surface area (Å²) in [4.78, 5) is 3.39. The Balaban J connectivity index is 1.88. The van der Waals surface area contributed by atoms with Gasteiger partial charge in [-0.15, -0.1) is 0 Å². The van der Waals surface area contributed by atoms with Crippen LogP contribution < -0.4 is 9.44 Å². The summed E-state index contributed by atoms with van der Waals surface area (Å²) in [6, 6.07) is 7.96. The van der Waals surface area contributed by atoms with Gasteiger partial charge in [0.1, 0.15) is 10.0 Å². The number of anilines is 1. The van der Waals surface area contributed by atoms with Crippen molar-refractivity contribution in [1.29, 1.82) is 0 Å². The molecule has 2 N–H and O–H groups in total. The molecule has 1 saturated carbocycles. The van der Waals surface area contributed by atoms with Crippen LogP contribution in [0.1, 0.15) is 12.8 Å². The van der Waals surface area contributed by atoms with Crippen molar-refractivity contribution in [1.82, 2.24) is 9.71 Å². The molecule has 0 saturated heterocycles. The van der Waals surface area contributed by atoms with Gasteiger partial charge in [-0.3, -0.25) is 4.72 Å². The molecule has 1 aliphatic carbocycles. The van der Waals surface area contributed by atoms with Gasteiger partial charge in [0.25, 0.3) is 10.0 Å². The molecule has 7 nitrogen and oxygen atoms in total. The molecule has 1 aromatic heterocycles. The van der Waals surface area contributed by atoms with Crippen molar-refractivity contribution < 1.29 is 16.8 Å². The lowest BCUT2D eigenvalue weighted by Gasteiger charge is -2.11. The Morgan fingerprint density at radius 1 is 1.00 bits per heavy atom. The molecular formula is C14H13Cl2N3O4S2. The Hall–Kier alpha value is -1.39. The van der Waals surface area contributed by atoms with Crippen molar-refractivity contribution in [2.24, 2.45) is 0 Å². The van der Waals surface area contributed by atoms with Gasteiger partial charge in [-0.05, 0) is 43.2 Å². The fourth-order valence-electron chi connectivity index (χ4n) is 2.03. The third kappa shape index (κ3) is 4.42. The number of hydrogen-bond donors (Lipinski definition) is 2. The zero-order chi connectivity index (χ0) is 18.2. The van der Waals surface area contributed by atoms with E-state index < -0.39 is 20.0 Å². The predicted octanol–water partition coefficient (Wildman–Crippen LogP) is 2.63. The van der Waals surface area contributed by atoms with Crippen LogP contribution >= 0.6 is 23.2 Å². The van der Waals surface area contributed by atoms with E-state index in [1.807, 2.05) is 0 Å². The molecule has 11 heteroatoms. The summed E-state index contributed by atoms with van der Waals surface area (Å²) in [5.41, 5.74) is 0.0877. The minimum absolute atomic E-state index is 0.0278. The Morgan fingerprint density at radius 2 is 1.72 bits per heavy atom. The lowest BCUT2D eigenvalue weighted by Crippen LogP contribution is -2.25. The zero-order valence-electron chi connectivity index (χ0n) is 12.6. The highest BCUT2D eigenvalue weighted by molar-refractivity contribution is 7.92. The summed E-state index contributed by atoms with van der Waals surface area (Å²) < 4.78 is 54.2. The van der Waals surface area contributed by atoms with E-state index in [0.29, 0.717) is 0 Å². The van der Waals surface area contributed by atoms with Crippen LogP contribution in [0.2, 0.25) is 10.3 Å². The molecule has 1 fully saturated rings. The molecule has 0 bridgehead atoms. The molecule has 1 aliphatic rings. The van der Waals surface area contributed by atoms with Crippen LogP contribution in [0.5, 0.6) is 0 Å². The first kappa shape index (κ1) is 18.4. The Kier molecular flexibility index (Phi) is 4.95. The summed E-state index contributed by atoms with van der Waals surface area (Å²) in [7, 11) is -7.75. The van der Waals surface area contributed by atoms with Gasteiger partial charge in [0, 0.05) is 6.04 Å². The predicted molar refractivity (Wildman–Crippen MR) is 94.9 cm³/mol. The fourth-order valence-corrected chi connectivity index (χ4v) is 5.09. The van der Waals surface area contributed by atoms with E-state index in [1.54, 1.807) is 0 Å². The number of nitrogens with zero attached hydrogens (tertiary/aromatic N) is 1. The number of rotatable bonds is 6. The number of benzene rings is 1. The maximum absolute atomic E-state index is 12.4. The molecule has 2 aromatic rings. The third-order valence-electron chi connectivity index (χ3n) is 3.37. The molecule has 3 rings (SSSR count). The van der Waals surface area contributed by atoms with Crippen molar-refractivity contribution in [3.63, 3.8) is 0 Å². The van der Waals surface area contributed by atoms with Crippen molar-refractivity contribution in [3.05, 3.63) is 46.7 Å². The number of halogens is 2. The SMILES string of the molecule is O=S(=O)(NC1CC1)c1cccc(NS(=O)(=O)c2ccc(Cl)nc2Cl)c1. The summed E-state index contributed by atoms with van der Waals surface area (Å²) in [5.74, 6) is 0.